The molecule has 27 heavy (non-hydrogen) atoms. The highest BCUT2D eigenvalue weighted by Gasteiger charge is 2.30. The maximum Gasteiger partial charge on any atom is 0.0716 e. The molecule has 0 aromatic heterocycles. The SMILES string of the molecule is C=CC1CCC(C2CCC(CCc3ccc(COCCC)cc3)CC2)CC1. The van der Waals surface area contributed by atoms with Crippen LogP contribution in [-0.4, -0.2) is 6.61 Å². The zero-order valence-corrected chi connectivity index (χ0v) is 17.5. The van der Waals surface area contributed by atoms with E-state index in [0.717, 1.165) is 43.3 Å². The van der Waals surface area contributed by atoms with Crippen molar-refractivity contribution < 1.29 is 4.74 Å². The lowest BCUT2D eigenvalue weighted by Gasteiger charge is -2.37. The zero-order chi connectivity index (χ0) is 18.9. The summed E-state index contributed by atoms with van der Waals surface area (Å²) in [5.74, 6) is 3.81. The first-order valence-electron chi connectivity index (χ1n) is 11.6. The lowest BCUT2D eigenvalue weighted by Crippen LogP contribution is -2.25. The third kappa shape index (κ3) is 6.49. The summed E-state index contributed by atoms with van der Waals surface area (Å²) in [5, 5.41) is 0. The van der Waals surface area contributed by atoms with Crippen molar-refractivity contribution in [2.75, 3.05) is 6.61 Å². The average Bonchev–Trinajstić information content (AvgIpc) is 2.74. The molecule has 0 unspecified atom stereocenters. The summed E-state index contributed by atoms with van der Waals surface area (Å²) in [4.78, 5) is 0. The molecule has 1 aromatic rings. The number of allylic oxidation sites excluding steroid dienone is 1. The Hall–Kier alpha value is -1.08. The van der Waals surface area contributed by atoms with Gasteiger partial charge in [-0.2, -0.15) is 0 Å². The van der Waals surface area contributed by atoms with Crippen LogP contribution in [0.25, 0.3) is 0 Å². The highest BCUT2D eigenvalue weighted by molar-refractivity contribution is 5.22. The molecule has 3 rings (SSSR count). The van der Waals surface area contributed by atoms with Crippen molar-refractivity contribution in [3.05, 3.63) is 48.0 Å². The number of rotatable bonds is 9. The van der Waals surface area contributed by atoms with Crippen molar-refractivity contribution >= 4 is 0 Å². The Morgan fingerprint density at radius 1 is 0.889 bits per heavy atom. The molecule has 2 aliphatic carbocycles. The summed E-state index contributed by atoms with van der Waals surface area (Å²) >= 11 is 0. The topological polar surface area (TPSA) is 9.23 Å². The molecule has 0 saturated heterocycles. The van der Waals surface area contributed by atoms with Gasteiger partial charge < -0.3 is 4.74 Å². The van der Waals surface area contributed by atoms with Crippen LogP contribution in [0.5, 0.6) is 0 Å². The van der Waals surface area contributed by atoms with E-state index in [-0.39, 0.29) is 0 Å². The standard InChI is InChI=1S/C26H40O/c1-3-19-27-20-24-9-7-22(8-10-24)5-6-23-13-17-26(18-14-23)25-15-11-21(4-2)12-16-25/h4,7-10,21,23,25-26H,2-3,5-6,11-20H2,1H3. The van der Waals surface area contributed by atoms with E-state index < -0.39 is 0 Å². The molecule has 1 aromatic carbocycles. The van der Waals surface area contributed by atoms with Crippen LogP contribution in [0.1, 0.15) is 82.3 Å². The fourth-order valence-corrected chi connectivity index (χ4v) is 5.31. The predicted octanol–water partition coefficient (Wildman–Crippen LogP) is 7.34. The average molecular weight is 369 g/mol. The smallest absolute Gasteiger partial charge is 0.0716 e. The van der Waals surface area contributed by atoms with Crippen molar-refractivity contribution in [1.82, 2.24) is 0 Å². The first-order valence-corrected chi connectivity index (χ1v) is 11.6. The van der Waals surface area contributed by atoms with E-state index in [4.69, 9.17) is 4.74 Å². The minimum Gasteiger partial charge on any atom is -0.377 e. The monoisotopic (exact) mass is 368 g/mol. The number of hydrogen-bond acceptors (Lipinski definition) is 1. The van der Waals surface area contributed by atoms with Gasteiger partial charge in [0.2, 0.25) is 0 Å². The maximum absolute atomic E-state index is 5.63. The van der Waals surface area contributed by atoms with Crippen LogP contribution in [0.2, 0.25) is 0 Å². The minimum absolute atomic E-state index is 0.757. The van der Waals surface area contributed by atoms with Gasteiger partial charge in [0, 0.05) is 6.61 Å². The van der Waals surface area contributed by atoms with Crippen molar-refractivity contribution in [1.29, 1.82) is 0 Å². The van der Waals surface area contributed by atoms with Crippen molar-refractivity contribution in [2.45, 2.75) is 84.2 Å². The summed E-state index contributed by atoms with van der Waals surface area (Å²) in [5.41, 5.74) is 2.80. The van der Waals surface area contributed by atoms with Crippen LogP contribution < -0.4 is 0 Å². The number of benzene rings is 1. The molecule has 1 nitrogen and oxygen atoms in total. The third-order valence-corrected chi connectivity index (χ3v) is 7.19. The number of aryl methyl sites for hydroxylation is 1. The van der Waals surface area contributed by atoms with Gasteiger partial charge in [-0.25, -0.2) is 0 Å². The van der Waals surface area contributed by atoms with Gasteiger partial charge in [-0.05, 0) is 92.6 Å². The molecule has 0 N–H and O–H groups in total. The summed E-state index contributed by atoms with van der Waals surface area (Å²) < 4.78 is 5.63. The predicted molar refractivity (Wildman–Crippen MR) is 116 cm³/mol. The van der Waals surface area contributed by atoms with E-state index in [0.29, 0.717) is 0 Å². The molecule has 0 radical (unpaired) electrons. The van der Waals surface area contributed by atoms with Gasteiger partial charge in [-0.1, -0.05) is 50.1 Å². The molecule has 1 heteroatoms. The van der Waals surface area contributed by atoms with Crippen LogP contribution in [-0.2, 0) is 17.8 Å². The van der Waals surface area contributed by atoms with Gasteiger partial charge >= 0.3 is 0 Å². The van der Waals surface area contributed by atoms with Crippen LogP contribution >= 0.6 is 0 Å². The van der Waals surface area contributed by atoms with Crippen molar-refractivity contribution in [3.8, 4) is 0 Å². The second-order valence-electron chi connectivity index (χ2n) is 9.10. The second kappa shape index (κ2) is 11.1. The molecular formula is C26H40O. The number of hydrogen-bond donors (Lipinski definition) is 0. The molecule has 0 spiro atoms. The molecule has 150 valence electrons. The molecule has 0 atom stereocenters. The third-order valence-electron chi connectivity index (χ3n) is 7.19. The highest BCUT2D eigenvalue weighted by atomic mass is 16.5. The Balaban J connectivity index is 1.34. The molecule has 0 heterocycles. The molecular weight excluding hydrogens is 328 g/mol. The van der Waals surface area contributed by atoms with Gasteiger partial charge in [-0.15, -0.1) is 6.58 Å². The molecule has 2 saturated carbocycles. The lowest BCUT2D eigenvalue weighted by molar-refractivity contribution is 0.121. The minimum atomic E-state index is 0.757. The van der Waals surface area contributed by atoms with Crippen molar-refractivity contribution in [2.24, 2.45) is 23.7 Å². The number of ether oxygens (including phenoxy) is 1. The Morgan fingerprint density at radius 3 is 2.07 bits per heavy atom. The quantitative estimate of drug-likeness (QED) is 0.327. The van der Waals surface area contributed by atoms with E-state index in [9.17, 15) is 0 Å². The van der Waals surface area contributed by atoms with E-state index in [1.54, 1.807) is 0 Å². The molecule has 0 bridgehead atoms. The van der Waals surface area contributed by atoms with Gasteiger partial charge in [0.05, 0.1) is 6.61 Å². The Kier molecular flexibility index (Phi) is 8.45. The maximum atomic E-state index is 5.63. The molecule has 0 amide bonds. The Morgan fingerprint density at radius 2 is 1.48 bits per heavy atom. The lowest BCUT2D eigenvalue weighted by atomic mass is 9.68. The molecule has 2 aliphatic rings. The van der Waals surface area contributed by atoms with Gasteiger partial charge in [0.15, 0.2) is 0 Å². The largest absolute Gasteiger partial charge is 0.377 e. The normalized spacial score (nSPS) is 28.8. The first kappa shape index (κ1) is 20.6. The van der Waals surface area contributed by atoms with Crippen molar-refractivity contribution in [3.63, 3.8) is 0 Å². The van der Waals surface area contributed by atoms with E-state index in [1.165, 1.54) is 75.3 Å². The van der Waals surface area contributed by atoms with Gasteiger partial charge in [0.25, 0.3) is 0 Å². The first-order chi connectivity index (χ1) is 13.3. The molecule has 2 fully saturated rings. The van der Waals surface area contributed by atoms with Gasteiger partial charge in [-0.3, -0.25) is 0 Å². The summed E-state index contributed by atoms with van der Waals surface area (Å²) in [6.45, 7) is 7.77. The van der Waals surface area contributed by atoms with Crippen LogP contribution in [0.4, 0.5) is 0 Å². The van der Waals surface area contributed by atoms with E-state index in [1.807, 2.05) is 0 Å². The van der Waals surface area contributed by atoms with Gasteiger partial charge in [0.1, 0.15) is 0 Å². The molecule has 0 aliphatic heterocycles. The fourth-order valence-electron chi connectivity index (χ4n) is 5.31. The Bertz CT molecular complexity index is 530. The summed E-state index contributed by atoms with van der Waals surface area (Å²) in [7, 11) is 0. The highest BCUT2D eigenvalue weighted by Crippen LogP contribution is 2.42. The van der Waals surface area contributed by atoms with Crippen LogP contribution in [0, 0.1) is 23.7 Å². The summed E-state index contributed by atoms with van der Waals surface area (Å²) in [6, 6.07) is 9.13. The second-order valence-corrected chi connectivity index (χ2v) is 9.10. The zero-order valence-electron chi connectivity index (χ0n) is 17.5. The fraction of sp³-hybridized carbons (Fsp3) is 0.692. The van der Waals surface area contributed by atoms with E-state index >= 15 is 0 Å². The van der Waals surface area contributed by atoms with Crippen LogP contribution in [0.15, 0.2) is 36.9 Å². The summed E-state index contributed by atoms with van der Waals surface area (Å²) in [6.07, 6.45) is 17.5. The van der Waals surface area contributed by atoms with E-state index in [2.05, 4.69) is 43.8 Å². The van der Waals surface area contributed by atoms with Crippen LogP contribution in [0.3, 0.4) is 0 Å². The Labute approximate surface area is 167 Å².